The van der Waals surface area contributed by atoms with E-state index in [-0.39, 0.29) is 0 Å². The number of para-hydroxylation sites is 1. The van der Waals surface area contributed by atoms with E-state index < -0.39 is 0 Å². The second-order valence-corrected chi connectivity index (χ2v) is 6.93. The molecule has 1 amide bonds. The Morgan fingerprint density at radius 1 is 1.00 bits per heavy atom. The van der Waals surface area contributed by atoms with Crippen LogP contribution in [0.4, 0.5) is 5.69 Å². The van der Waals surface area contributed by atoms with Gasteiger partial charge in [-0.15, -0.1) is 0 Å². The maximum absolute atomic E-state index is 12.7. The molecule has 3 heteroatoms. The van der Waals surface area contributed by atoms with Gasteiger partial charge in [0.15, 0.2) is 0 Å². The fourth-order valence-corrected chi connectivity index (χ4v) is 4.07. The summed E-state index contributed by atoms with van der Waals surface area (Å²) >= 11 is 0. The molecular formula is C21H24N2O. The van der Waals surface area contributed by atoms with Gasteiger partial charge in [-0.3, -0.25) is 4.79 Å². The molecule has 2 aromatic carbocycles. The van der Waals surface area contributed by atoms with Gasteiger partial charge < -0.3 is 10.2 Å². The van der Waals surface area contributed by atoms with E-state index in [0.717, 1.165) is 32.5 Å². The summed E-state index contributed by atoms with van der Waals surface area (Å²) in [5.74, 6) is 1.23. The molecule has 4 rings (SSSR count). The number of fused-ring (bicyclic) bond motifs is 1. The fraction of sp³-hybridized carbons (Fsp3) is 0.381. The van der Waals surface area contributed by atoms with Crippen molar-refractivity contribution in [2.75, 3.05) is 25.0 Å². The highest BCUT2D eigenvalue weighted by molar-refractivity contribution is 5.78. The molecule has 1 unspecified atom stereocenters. The molecule has 1 atom stereocenters. The van der Waals surface area contributed by atoms with Crippen LogP contribution in [0.15, 0.2) is 54.6 Å². The second kappa shape index (κ2) is 6.68. The molecule has 3 nitrogen and oxygen atoms in total. The number of nitrogens with zero attached hydrogens (tertiary/aromatic N) is 1. The summed E-state index contributed by atoms with van der Waals surface area (Å²) in [6.45, 7) is 2.66. The van der Waals surface area contributed by atoms with Gasteiger partial charge in [0, 0.05) is 37.7 Å². The van der Waals surface area contributed by atoms with Crippen LogP contribution in [0.1, 0.15) is 42.2 Å². The van der Waals surface area contributed by atoms with Gasteiger partial charge in [-0.05, 0) is 36.0 Å². The number of nitrogens with one attached hydrogen (secondary N) is 1. The van der Waals surface area contributed by atoms with Gasteiger partial charge in [0.05, 0.1) is 0 Å². The van der Waals surface area contributed by atoms with Crippen LogP contribution in [0.25, 0.3) is 0 Å². The molecule has 1 saturated heterocycles. The van der Waals surface area contributed by atoms with Crippen molar-refractivity contribution in [3.63, 3.8) is 0 Å². The van der Waals surface area contributed by atoms with E-state index >= 15 is 0 Å². The van der Waals surface area contributed by atoms with Gasteiger partial charge in [0.25, 0.3) is 0 Å². The molecule has 2 aliphatic rings. The lowest BCUT2D eigenvalue weighted by Gasteiger charge is -2.33. The first-order chi connectivity index (χ1) is 11.8. The van der Waals surface area contributed by atoms with Crippen LogP contribution in [-0.2, 0) is 4.79 Å². The van der Waals surface area contributed by atoms with E-state index in [0.29, 0.717) is 24.2 Å². The van der Waals surface area contributed by atoms with Crippen molar-refractivity contribution in [2.45, 2.75) is 31.1 Å². The number of benzene rings is 2. The summed E-state index contributed by atoms with van der Waals surface area (Å²) in [4.78, 5) is 14.8. The Morgan fingerprint density at radius 2 is 1.71 bits per heavy atom. The monoisotopic (exact) mass is 320 g/mol. The molecular weight excluding hydrogens is 296 g/mol. The van der Waals surface area contributed by atoms with Crippen LogP contribution in [-0.4, -0.2) is 30.4 Å². The van der Waals surface area contributed by atoms with Crippen LogP contribution in [0, 0.1) is 0 Å². The molecule has 24 heavy (non-hydrogen) atoms. The number of rotatable bonds is 3. The van der Waals surface area contributed by atoms with E-state index in [1.165, 1.54) is 16.8 Å². The van der Waals surface area contributed by atoms with E-state index in [1.807, 2.05) is 6.07 Å². The fourth-order valence-electron chi connectivity index (χ4n) is 4.07. The van der Waals surface area contributed by atoms with Crippen LogP contribution in [0.3, 0.4) is 0 Å². The van der Waals surface area contributed by atoms with Crippen molar-refractivity contribution >= 4 is 11.6 Å². The Hall–Kier alpha value is -2.29. The second-order valence-electron chi connectivity index (χ2n) is 6.93. The van der Waals surface area contributed by atoms with Crippen LogP contribution < -0.4 is 5.32 Å². The van der Waals surface area contributed by atoms with E-state index in [4.69, 9.17) is 0 Å². The molecule has 0 spiro atoms. The largest absolute Gasteiger partial charge is 0.384 e. The highest BCUT2D eigenvalue weighted by atomic mass is 16.2. The first-order valence-electron chi connectivity index (χ1n) is 8.97. The smallest absolute Gasteiger partial charge is 0.223 e. The SMILES string of the molecule is O=C(CC1CNc2ccccc21)N1CCC(c2ccccc2)CC1. The first-order valence-corrected chi connectivity index (χ1v) is 8.97. The molecule has 1 fully saturated rings. The zero-order valence-corrected chi connectivity index (χ0v) is 13.9. The van der Waals surface area contributed by atoms with E-state index in [2.05, 4.69) is 58.7 Å². The highest BCUT2D eigenvalue weighted by Gasteiger charge is 2.28. The average molecular weight is 320 g/mol. The zero-order chi connectivity index (χ0) is 16.4. The summed E-state index contributed by atoms with van der Waals surface area (Å²) in [6.07, 6.45) is 2.78. The predicted molar refractivity (Wildman–Crippen MR) is 97.3 cm³/mol. The Labute approximate surface area is 143 Å². The van der Waals surface area contributed by atoms with Crippen molar-refractivity contribution < 1.29 is 4.79 Å². The Balaban J connectivity index is 1.34. The van der Waals surface area contributed by atoms with Gasteiger partial charge >= 0.3 is 0 Å². The van der Waals surface area contributed by atoms with E-state index in [9.17, 15) is 4.79 Å². The minimum atomic E-state index is 0.310. The van der Waals surface area contributed by atoms with Crippen molar-refractivity contribution in [3.05, 3.63) is 65.7 Å². The molecule has 1 N–H and O–H groups in total. The third-order valence-corrected chi connectivity index (χ3v) is 5.48. The molecule has 2 aromatic rings. The van der Waals surface area contributed by atoms with Gasteiger partial charge in [-0.2, -0.15) is 0 Å². The molecule has 124 valence electrons. The third-order valence-electron chi connectivity index (χ3n) is 5.48. The lowest BCUT2D eigenvalue weighted by molar-refractivity contribution is -0.132. The third kappa shape index (κ3) is 3.03. The minimum Gasteiger partial charge on any atom is -0.384 e. The minimum absolute atomic E-state index is 0.310. The Bertz CT molecular complexity index is 705. The van der Waals surface area contributed by atoms with Crippen molar-refractivity contribution in [2.24, 2.45) is 0 Å². The summed E-state index contributed by atoms with van der Waals surface area (Å²) in [6, 6.07) is 19.1. The summed E-state index contributed by atoms with van der Waals surface area (Å²) < 4.78 is 0. The number of carbonyl (C=O) groups is 1. The molecule has 0 bridgehead atoms. The molecule has 0 aromatic heterocycles. The predicted octanol–water partition coefficient (Wildman–Crippen LogP) is 3.99. The molecule has 2 heterocycles. The van der Waals surface area contributed by atoms with E-state index in [1.54, 1.807) is 0 Å². The topological polar surface area (TPSA) is 32.3 Å². The van der Waals surface area contributed by atoms with Crippen molar-refractivity contribution in [1.82, 2.24) is 4.90 Å². The standard InChI is InChI=1S/C21H24N2O/c24-21(14-18-15-22-20-9-5-4-8-19(18)20)23-12-10-17(11-13-23)16-6-2-1-3-7-16/h1-9,17-18,22H,10-15H2. The summed E-state index contributed by atoms with van der Waals surface area (Å²) in [5, 5.41) is 3.42. The Morgan fingerprint density at radius 3 is 2.50 bits per heavy atom. The van der Waals surface area contributed by atoms with Crippen molar-refractivity contribution in [1.29, 1.82) is 0 Å². The summed E-state index contributed by atoms with van der Waals surface area (Å²) in [5.41, 5.74) is 3.90. The highest BCUT2D eigenvalue weighted by Crippen LogP contribution is 2.34. The van der Waals surface area contributed by atoms with Crippen LogP contribution >= 0.6 is 0 Å². The average Bonchev–Trinajstić information content (AvgIpc) is 3.06. The lowest BCUT2D eigenvalue weighted by Crippen LogP contribution is -2.38. The molecule has 0 aliphatic carbocycles. The normalized spacial score (nSPS) is 20.5. The maximum Gasteiger partial charge on any atom is 0.223 e. The van der Waals surface area contributed by atoms with Gasteiger partial charge in [-0.25, -0.2) is 0 Å². The van der Waals surface area contributed by atoms with Gasteiger partial charge in [-0.1, -0.05) is 48.5 Å². The number of piperidine rings is 1. The first kappa shape index (κ1) is 15.3. The number of carbonyl (C=O) groups excluding carboxylic acids is 1. The number of anilines is 1. The van der Waals surface area contributed by atoms with Gasteiger partial charge in [0.2, 0.25) is 5.91 Å². The molecule has 2 aliphatic heterocycles. The van der Waals surface area contributed by atoms with Crippen LogP contribution in [0.5, 0.6) is 0 Å². The number of amides is 1. The maximum atomic E-state index is 12.7. The number of likely N-dealkylation sites (tertiary alicyclic amines) is 1. The Kier molecular flexibility index (Phi) is 4.24. The molecule has 0 saturated carbocycles. The van der Waals surface area contributed by atoms with Gasteiger partial charge in [0.1, 0.15) is 0 Å². The van der Waals surface area contributed by atoms with Crippen molar-refractivity contribution in [3.8, 4) is 0 Å². The summed E-state index contributed by atoms with van der Waals surface area (Å²) in [7, 11) is 0. The lowest BCUT2D eigenvalue weighted by atomic mass is 9.89. The number of hydrogen-bond acceptors (Lipinski definition) is 2. The number of hydrogen-bond donors (Lipinski definition) is 1. The zero-order valence-electron chi connectivity index (χ0n) is 13.9. The quantitative estimate of drug-likeness (QED) is 0.927. The molecule has 0 radical (unpaired) electrons. The van der Waals surface area contributed by atoms with Crippen LogP contribution in [0.2, 0.25) is 0 Å².